The van der Waals surface area contributed by atoms with Gasteiger partial charge in [0.25, 0.3) is 5.91 Å². The lowest BCUT2D eigenvalue weighted by Gasteiger charge is -2.14. The van der Waals surface area contributed by atoms with Crippen LogP contribution in [0.25, 0.3) is 0 Å². The number of ketones is 1. The Kier molecular flexibility index (Phi) is 5.52. The van der Waals surface area contributed by atoms with Crippen molar-refractivity contribution in [3.05, 3.63) is 71.1 Å². The number of anilines is 2. The highest BCUT2D eigenvalue weighted by Gasteiger charge is 2.34. The van der Waals surface area contributed by atoms with Crippen molar-refractivity contribution in [2.75, 3.05) is 17.2 Å². The third kappa shape index (κ3) is 4.20. The van der Waals surface area contributed by atoms with Crippen molar-refractivity contribution in [3.8, 4) is 0 Å². The summed E-state index contributed by atoms with van der Waals surface area (Å²) in [7, 11) is 0. The average molecular weight is 406 g/mol. The van der Waals surface area contributed by atoms with Crippen molar-refractivity contribution in [2.45, 2.75) is 32.3 Å². The van der Waals surface area contributed by atoms with Gasteiger partial charge in [-0.3, -0.25) is 9.59 Å². The number of ether oxygens (including phenoxy) is 2. The van der Waals surface area contributed by atoms with Gasteiger partial charge in [0, 0.05) is 11.4 Å². The van der Waals surface area contributed by atoms with E-state index in [0.717, 1.165) is 19.3 Å². The third-order valence-corrected chi connectivity index (χ3v) is 5.11. The summed E-state index contributed by atoms with van der Waals surface area (Å²) in [4.78, 5) is 37.2. The molecule has 154 valence electrons. The topological polar surface area (TPSA) is 93.7 Å². The zero-order valence-electron chi connectivity index (χ0n) is 16.6. The molecule has 0 saturated carbocycles. The molecule has 0 aromatic heterocycles. The fourth-order valence-electron chi connectivity index (χ4n) is 3.53. The molecular weight excluding hydrogens is 384 g/mol. The lowest BCUT2D eigenvalue weighted by atomic mass is 10.1. The molecule has 0 radical (unpaired) electrons. The minimum absolute atomic E-state index is 0.0300. The van der Waals surface area contributed by atoms with Crippen LogP contribution in [0, 0.1) is 0 Å². The number of carbonyl (C=O) groups excluding carboxylic acids is 3. The molecule has 1 aliphatic carbocycles. The molecule has 2 N–H and O–H groups in total. The molecule has 7 heteroatoms. The van der Waals surface area contributed by atoms with Gasteiger partial charge in [-0.05, 0) is 61.6 Å². The van der Waals surface area contributed by atoms with Crippen LogP contribution in [-0.4, -0.2) is 30.4 Å². The molecule has 0 bridgehead atoms. The fourth-order valence-corrected chi connectivity index (χ4v) is 3.53. The molecule has 30 heavy (non-hydrogen) atoms. The zero-order chi connectivity index (χ0) is 21.1. The van der Waals surface area contributed by atoms with Crippen LogP contribution in [0.15, 0.2) is 60.0 Å². The number of hydrogen-bond acceptors (Lipinski definition) is 6. The van der Waals surface area contributed by atoms with Crippen LogP contribution in [0.2, 0.25) is 0 Å². The molecule has 7 nitrogen and oxygen atoms in total. The van der Waals surface area contributed by atoms with E-state index in [4.69, 9.17) is 9.47 Å². The second-order valence-electron chi connectivity index (χ2n) is 7.28. The minimum Gasteiger partial charge on any atom is -0.470 e. The van der Waals surface area contributed by atoms with Gasteiger partial charge in [0.2, 0.25) is 11.7 Å². The highest BCUT2D eigenvalue weighted by Crippen LogP contribution is 2.25. The van der Waals surface area contributed by atoms with Crippen LogP contribution in [0.3, 0.4) is 0 Å². The number of esters is 1. The predicted molar refractivity (Wildman–Crippen MR) is 111 cm³/mol. The molecule has 1 heterocycles. The van der Waals surface area contributed by atoms with Crippen molar-refractivity contribution >= 4 is 29.0 Å². The first-order valence-corrected chi connectivity index (χ1v) is 9.87. The summed E-state index contributed by atoms with van der Waals surface area (Å²) in [6.45, 7) is 1.21. The zero-order valence-corrected chi connectivity index (χ0v) is 16.6. The van der Waals surface area contributed by atoms with Gasteiger partial charge in [-0.25, -0.2) is 4.79 Å². The molecule has 1 aliphatic heterocycles. The van der Waals surface area contributed by atoms with Gasteiger partial charge in [0.1, 0.15) is 0 Å². The molecule has 2 aromatic carbocycles. The number of aryl methyl sites for hydroxylation is 2. The number of amides is 1. The lowest BCUT2D eigenvalue weighted by Crippen LogP contribution is -2.31. The molecule has 0 spiro atoms. The summed E-state index contributed by atoms with van der Waals surface area (Å²) in [5, 5.41) is 5.67. The van der Waals surface area contributed by atoms with Crippen molar-refractivity contribution < 1.29 is 23.9 Å². The van der Waals surface area contributed by atoms with Crippen LogP contribution in [0.5, 0.6) is 0 Å². The Hall–Kier alpha value is -3.61. The highest BCUT2D eigenvalue weighted by molar-refractivity contribution is 6.20. The van der Waals surface area contributed by atoms with Crippen LogP contribution < -0.4 is 10.6 Å². The second kappa shape index (κ2) is 8.41. The number of Topliss-reactive ketones (excluding diaryl/α,β-unsaturated/α-hetero) is 1. The molecule has 1 atom stereocenters. The van der Waals surface area contributed by atoms with Crippen LogP contribution in [0.4, 0.5) is 11.4 Å². The van der Waals surface area contributed by atoms with Gasteiger partial charge in [0.15, 0.2) is 18.3 Å². The first-order valence-electron chi connectivity index (χ1n) is 9.87. The third-order valence-electron chi connectivity index (χ3n) is 5.11. The minimum atomic E-state index is -1.08. The summed E-state index contributed by atoms with van der Waals surface area (Å²) in [6, 6.07) is 14.8. The predicted octanol–water partition coefficient (Wildman–Crippen LogP) is 2.97. The maximum atomic E-state index is 12.6. The number of nitrogens with one attached hydrogen (secondary N) is 2. The normalized spacial score (nSPS) is 16.0. The molecule has 4 rings (SSSR count). The van der Waals surface area contributed by atoms with E-state index in [9.17, 15) is 14.4 Å². The maximum absolute atomic E-state index is 12.6. The number of benzene rings is 2. The number of para-hydroxylation sites is 1. The summed E-state index contributed by atoms with van der Waals surface area (Å²) < 4.78 is 10.6. The molecular formula is C23H22N2O5. The number of rotatable bonds is 6. The van der Waals surface area contributed by atoms with Crippen LogP contribution in [-0.2, 0) is 36.7 Å². The fraction of sp³-hybridized carbons (Fsp3) is 0.261. The Morgan fingerprint density at radius 2 is 1.80 bits per heavy atom. The molecule has 0 saturated heterocycles. The van der Waals surface area contributed by atoms with Gasteiger partial charge >= 0.3 is 5.97 Å². The van der Waals surface area contributed by atoms with E-state index in [1.165, 1.54) is 18.1 Å². The smallest absolute Gasteiger partial charge is 0.348 e. The van der Waals surface area contributed by atoms with Crippen molar-refractivity contribution in [2.24, 2.45) is 0 Å². The largest absolute Gasteiger partial charge is 0.470 e. The standard InChI is InChI=1S/C23H22N2O5/c1-14(21(27)24-18-11-10-15-6-5-7-16(15)12-18)30-23(28)20-19(26)13-29-22(20)25-17-8-3-2-4-9-17/h2-4,8-12,14,25H,5-7,13H2,1H3,(H,24,27)/t14-/m0/s1. The number of hydrogen-bond donors (Lipinski definition) is 2. The Balaban J connectivity index is 1.42. The van der Waals surface area contributed by atoms with Gasteiger partial charge in [0.05, 0.1) is 0 Å². The quantitative estimate of drug-likeness (QED) is 0.566. The summed E-state index contributed by atoms with van der Waals surface area (Å²) in [6.07, 6.45) is 2.09. The van der Waals surface area contributed by atoms with E-state index >= 15 is 0 Å². The first kappa shape index (κ1) is 19.7. The second-order valence-corrected chi connectivity index (χ2v) is 7.28. The van der Waals surface area contributed by atoms with Gasteiger partial charge in [-0.15, -0.1) is 0 Å². The monoisotopic (exact) mass is 406 g/mol. The highest BCUT2D eigenvalue weighted by atomic mass is 16.6. The summed E-state index contributed by atoms with van der Waals surface area (Å²) in [5.74, 6) is -1.83. The van der Waals surface area contributed by atoms with Gasteiger partial charge < -0.3 is 20.1 Å². The molecule has 0 fully saturated rings. The summed E-state index contributed by atoms with van der Waals surface area (Å²) >= 11 is 0. The Bertz CT molecular complexity index is 1030. The Morgan fingerprint density at radius 3 is 2.60 bits per heavy atom. The van der Waals surface area contributed by atoms with Crippen LogP contribution in [0.1, 0.15) is 24.5 Å². The van der Waals surface area contributed by atoms with Gasteiger partial charge in [-0.1, -0.05) is 24.3 Å². The number of fused-ring (bicyclic) bond motifs is 1. The van der Waals surface area contributed by atoms with Crippen LogP contribution >= 0.6 is 0 Å². The lowest BCUT2D eigenvalue weighted by molar-refractivity contribution is -0.150. The van der Waals surface area contributed by atoms with E-state index in [1.807, 2.05) is 36.4 Å². The maximum Gasteiger partial charge on any atom is 0.348 e. The van der Waals surface area contributed by atoms with E-state index in [1.54, 1.807) is 12.1 Å². The molecule has 2 aliphatic rings. The number of carbonyl (C=O) groups is 3. The molecule has 1 amide bonds. The van der Waals surface area contributed by atoms with E-state index in [0.29, 0.717) is 11.4 Å². The average Bonchev–Trinajstić information content (AvgIpc) is 3.34. The van der Waals surface area contributed by atoms with Crippen molar-refractivity contribution in [1.82, 2.24) is 0 Å². The van der Waals surface area contributed by atoms with Crippen molar-refractivity contribution in [3.63, 3.8) is 0 Å². The van der Waals surface area contributed by atoms with E-state index in [2.05, 4.69) is 10.6 Å². The van der Waals surface area contributed by atoms with E-state index in [-0.39, 0.29) is 18.1 Å². The first-order chi connectivity index (χ1) is 14.5. The van der Waals surface area contributed by atoms with E-state index < -0.39 is 23.8 Å². The molecule has 2 aromatic rings. The van der Waals surface area contributed by atoms with Gasteiger partial charge in [-0.2, -0.15) is 0 Å². The SMILES string of the molecule is C[C@H](OC(=O)C1=C(Nc2ccccc2)OCC1=O)C(=O)Nc1ccc2c(c1)CCC2. The van der Waals surface area contributed by atoms with Crippen molar-refractivity contribution in [1.29, 1.82) is 0 Å². The molecule has 0 unspecified atom stereocenters. The Labute approximate surface area is 174 Å². The Morgan fingerprint density at radius 1 is 1.03 bits per heavy atom. The summed E-state index contributed by atoms with van der Waals surface area (Å²) in [5.41, 5.74) is 3.63.